The monoisotopic (exact) mass is 1250 g/mol. The van der Waals surface area contributed by atoms with Crippen LogP contribution in [0.15, 0.2) is 72.8 Å². The minimum absolute atomic E-state index is 0.0510. The van der Waals surface area contributed by atoms with Gasteiger partial charge in [0.05, 0.1) is 48.1 Å². The highest BCUT2D eigenvalue weighted by Crippen LogP contribution is 2.53. The van der Waals surface area contributed by atoms with Gasteiger partial charge in [-0.2, -0.15) is 0 Å². The second-order valence-corrected chi connectivity index (χ2v) is 22.5. The van der Waals surface area contributed by atoms with E-state index in [2.05, 4.69) is 16.0 Å². The molecule has 468 valence electrons. The topological polar surface area (TPSA) is 493 Å². The summed E-state index contributed by atoms with van der Waals surface area (Å²) in [5.74, 6) is -5.72. The Morgan fingerprint density at radius 1 is 0.814 bits per heavy atom. The molecule has 4 amide bonds. The van der Waals surface area contributed by atoms with E-state index in [1.54, 1.807) is 31.2 Å². The Morgan fingerprint density at radius 2 is 1.44 bits per heavy atom. The van der Waals surface area contributed by atoms with E-state index in [1.807, 2.05) is 30.3 Å². The normalized spacial score (nSPS) is 21.4. The maximum absolute atomic E-state index is 14.1. The predicted molar refractivity (Wildman–Crippen MR) is 297 cm³/mol. The third-order valence-electron chi connectivity index (χ3n) is 14.2. The summed E-state index contributed by atoms with van der Waals surface area (Å²) in [7, 11) is -7.97. The summed E-state index contributed by atoms with van der Waals surface area (Å²) < 4.78 is 47.4. The van der Waals surface area contributed by atoms with Crippen LogP contribution in [0, 0.1) is 0 Å². The van der Waals surface area contributed by atoms with E-state index in [0.717, 1.165) is 5.56 Å². The zero-order valence-corrected chi connectivity index (χ0v) is 48.3. The van der Waals surface area contributed by atoms with Gasteiger partial charge in [0.15, 0.2) is 17.9 Å². The molecule has 4 aliphatic rings. The number of methoxy groups -OCH3 is 1. The second-order valence-electron chi connectivity index (χ2n) is 20.5. The Morgan fingerprint density at radius 3 is 2.05 bits per heavy atom. The number of rotatable bonds is 19. The van der Waals surface area contributed by atoms with E-state index in [1.165, 1.54) is 37.1 Å². The van der Waals surface area contributed by atoms with Gasteiger partial charge in [-0.25, -0.2) is 13.9 Å². The van der Waals surface area contributed by atoms with Crippen LogP contribution in [-0.4, -0.2) is 171 Å². The largest absolute Gasteiger partial charge is 0.507 e. The molecule has 8 rings (SSSR count). The van der Waals surface area contributed by atoms with Gasteiger partial charge in [-0.3, -0.25) is 33.7 Å². The van der Waals surface area contributed by atoms with Crippen molar-refractivity contribution in [2.75, 3.05) is 32.3 Å². The Labute approximate surface area is 490 Å². The minimum Gasteiger partial charge on any atom is -0.507 e. The lowest BCUT2D eigenvalue weighted by atomic mass is 9.72. The van der Waals surface area contributed by atoms with E-state index in [-0.39, 0.29) is 60.6 Å². The predicted octanol–water partition coefficient (Wildman–Crippen LogP) is 0.447. The smallest absolute Gasteiger partial charge is 0.466 e. The number of phenols is 2. The molecular weight excluding hydrogens is 1180 g/mol. The maximum atomic E-state index is 14.1. The van der Waals surface area contributed by atoms with Crippen molar-refractivity contribution in [1.82, 2.24) is 15.5 Å². The fourth-order valence-electron chi connectivity index (χ4n) is 10.2. The Bertz CT molecular complexity index is 3220. The molecule has 32 heteroatoms. The number of hydrogen-bond acceptors (Lipinski definition) is 20. The van der Waals surface area contributed by atoms with Crippen molar-refractivity contribution in [3.8, 4) is 17.2 Å². The molecule has 0 saturated carbocycles. The standard InChI is InChI=1S/C54H62N6O16.2H3O4P/c1-27(56)50(67)59-35(20-29-10-5-4-6-11-29)52(69)58-34(13-7-8-19-55)51(68)57-31-17-15-30(16-18-31)25-73-53(70)60-26-74-49-28(2)75-40(21-36(49)60)76-38-23-54(71,39(62)24-61)22-33-42(38)48(66)44-43(46(33)64)45(63)32-12-9-14-37(72-3)41(32)47(44)65;2*1-5(2,3)4/h4-6,9-12,14-18,27-28,34-36,38,40,49,61,64,66,71H,7-8,13,19-26,55-56H2,1-3H3,(H,57,68)(H,58,69)(H,59,67);2*(H3,1,2,3,4)/t27-,28+,34+,35+,36+,38+,40+,49-,54+;;/m1../s1. The number of carbonyl (C=O) groups is 7. The van der Waals surface area contributed by atoms with Crippen LogP contribution in [0.2, 0.25) is 0 Å². The van der Waals surface area contributed by atoms with Gasteiger partial charge < -0.3 is 101 Å². The van der Waals surface area contributed by atoms with Crippen LogP contribution in [-0.2, 0) is 66.7 Å². The fraction of sp³-hybridized carbons (Fsp3) is 0.426. The lowest BCUT2D eigenvalue weighted by Gasteiger charge is -2.42. The van der Waals surface area contributed by atoms with Crippen molar-refractivity contribution < 1.29 is 116 Å². The van der Waals surface area contributed by atoms with Gasteiger partial charge in [0.1, 0.15) is 61.0 Å². The number of benzene rings is 4. The number of aliphatic hydroxyl groups excluding tert-OH is 1. The third-order valence-corrected chi connectivity index (χ3v) is 14.2. The van der Waals surface area contributed by atoms with E-state index < -0.39 is 153 Å². The van der Waals surface area contributed by atoms with Gasteiger partial charge in [-0.05, 0) is 69.0 Å². The molecule has 2 aliphatic carbocycles. The van der Waals surface area contributed by atoms with Gasteiger partial charge in [0, 0.05) is 48.1 Å². The number of nitrogens with two attached hydrogens (primary N) is 2. The highest BCUT2D eigenvalue weighted by molar-refractivity contribution is 7.45. The van der Waals surface area contributed by atoms with E-state index >= 15 is 0 Å². The summed E-state index contributed by atoms with van der Waals surface area (Å²) in [5.41, 5.74) is 9.14. The number of amides is 4. The van der Waals surface area contributed by atoms with Crippen LogP contribution in [0.25, 0.3) is 0 Å². The second kappa shape index (κ2) is 29.1. The summed E-state index contributed by atoms with van der Waals surface area (Å²) in [6, 6.07) is 16.3. The van der Waals surface area contributed by atoms with Crippen molar-refractivity contribution in [1.29, 1.82) is 0 Å². The highest BCUT2D eigenvalue weighted by Gasteiger charge is 2.52. The molecule has 4 aromatic carbocycles. The maximum Gasteiger partial charge on any atom is 0.466 e. The molecule has 2 heterocycles. The zero-order valence-electron chi connectivity index (χ0n) is 46.5. The van der Waals surface area contributed by atoms with E-state index in [4.69, 9.17) is 73.6 Å². The average molecular weight is 1250 g/mol. The number of nitrogens with one attached hydrogen (secondary N) is 3. The minimum atomic E-state index is -4.64. The first-order valence-electron chi connectivity index (χ1n) is 26.5. The fourth-order valence-corrected chi connectivity index (χ4v) is 10.2. The number of ether oxygens (including phenoxy) is 5. The first-order chi connectivity index (χ1) is 40.4. The molecule has 0 aromatic heterocycles. The van der Waals surface area contributed by atoms with Crippen molar-refractivity contribution in [3.63, 3.8) is 0 Å². The Balaban J connectivity index is 0.00000109. The van der Waals surface area contributed by atoms with E-state index in [9.17, 15) is 54.0 Å². The number of phenolic OH excluding ortho intramolecular Hbond substituents is 2. The molecule has 17 N–H and O–H groups in total. The lowest BCUT2D eigenvalue weighted by molar-refractivity contribution is -0.246. The van der Waals surface area contributed by atoms with Gasteiger partial charge >= 0.3 is 21.7 Å². The van der Waals surface area contributed by atoms with Crippen LogP contribution in [0.1, 0.15) is 106 Å². The first kappa shape index (κ1) is 68.0. The molecule has 2 saturated heterocycles. The number of ketones is 3. The Kier molecular flexibility index (Phi) is 23.0. The molecule has 0 spiro atoms. The summed E-state index contributed by atoms with van der Waals surface area (Å²) in [5, 5.41) is 53.6. The van der Waals surface area contributed by atoms with Gasteiger partial charge in [-0.15, -0.1) is 0 Å². The molecule has 9 atom stereocenters. The summed E-state index contributed by atoms with van der Waals surface area (Å²) >= 11 is 0. The molecule has 30 nitrogen and oxygen atoms in total. The molecule has 0 unspecified atom stereocenters. The SMILES string of the molecule is COc1cccc2c1C(=O)c1c(O)c3c(c(O)c1C2=O)C[C@@](O)(C(=O)CO)C[C@@H]3O[C@H]1C[C@H]2[C@H](OCN2C(=O)OCc2ccc(NC(=O)[C@H](CCCCN)NC(=O)[C@H](Cc3ccccc3)NC(=O)[C@@H](C)N)cc2)[C@H](C)O1.O=P(O)(O)O.O=P(O)(O)O. The van der Waals surface area contributed by atoms with Crippen molar-refractivity contribution in [3.05, 3.63) is 117 Å². The highest BCUT2D eigenvalue weighted by atomic mass is 31.2. The number of nitrogens with zero attached hydrogens (tertiary/aromatic N) is 1. The molecule has 86 heavy (non-hydrogen) atoms. The van der Waals surface area contributed by atoms with Crippen LogP contribution in [0.5, 0.6) is 17.2 Å². The molecule has 2 fully saturated rings. The van der Waals surface area contributed by atoms with Crippen LogP contribution < -0.4 is 32.2 Å². The molecular formula is C54H68N6O24P2. The Hall–Kier alpha value is -7.09. The zero-order chi connectivity index (χ0) is 63.6. The summed E-state index contributed by atoms with van der Waals surface area (Å²) in [6.45, 7) is 2.09. The van der Waals surface area contributed by atoms with Crippen LogP contribution in [0.3, 0.4) is 0 Å². The number of hydrogen-bond donors (Lipinski definition) is 15. The summed E-state index contributed by atoms with van der Waals surface area (Å²) in [6.07, 6.45) is -4.56. The number of phosphoric acid groups is 2. The number of Topliss-reactive ketones (excluding diaryl/α,β-unsaturated/α-hetero) is 1. The number of aromatic hydroxyl groups is 2. The molecule has 0 bridgehead atoms. The summed E-state index contributed by atoms with van der Waals surface area (Å²) in [4.78, 5) is 139. The lowest BCUT2D eigenvalue weighted by Crippen LogP contribution is -2.55. The average Bonchev–Trinajstić information content (AvgIpc) is 0.815. The quantitative estimate of drug-likeness (QED) is 0.0303. The van der Waals surface area contributed by atoms with E-state index in [0.29, 0.717) is 30.6 Å². The van der Waals surface area contributed by atoms with Crippen molar-refractivity contribution >= 4 is 62.5 Å². The number of aliphatic hydroxyl groups is 2. The number of carbonyl (C=O) groups excluding carboxylic acids is 7. The van der Waals surface area contributed by atoms with Gasteiger partial charge in [0.25, 0.3) is 0 Å². The molecule has 2 aliphatic heterocycles. The molecule has 0 radical (unpaired) electrons. The number of unbranched alkanes of at least 4 members (excludes halogenated alkanes) is 1. The molecule has 4 aromatic rings. The van der Waals surface area contributed by atoms with Crippen molar-refractivity contribution in [2.45, 2.75) is 120 Å². The van der Waals surface area contributed by atoms with Crippen LogP contribution >= 0.6 is 15.6 Å². The number of fused-ring (bicyclic) bond motifs is 4. The third kappa shape index (κ3) is 17.3. The first-order valence-corrected chi connectivity index (χ1v) is 29.7. The number of anilines is 1. The van der Waals surface area contributed by atoms with Gasteiger partial charge in [0.2, 0.25) is 23.5 Å². The van der Waals surface area contributed by atoms with Crippen LogP contribution in [0.4, 0.5) is 10.5 Å². The van der Waals surface area contributed by atoms with Crippen molar-refractivity contribution in [2.24, 2.45) is 11.5 Å². The van der Waals surface area contributed by atoms with Gasteiger partial charge in [-0.1, -0.05) is 54.6 Å².